The van der Waals surface area contributed by atoms with Crippen LogP contribution in [-0.4, -0.2) is 49.1 Å². The summed E-state index contributed by atoms with van der Waals surface area (Å²) in [6.45, 7) is 8.33. The molecule has 1 aromatic rings. The summed E-state index contributed by atoms with van der Waals surface area (Å²) in [4.78, 5) is 4.98. The Morgan fingerprint density at radius 3 is 2.45 bits per heavy atom. The highest BCUT2D eigenvalue weighted by atomic mass is 16.5. The molecule has 1 fully saturated rings. The van der Waals surface area contributed by atoms with Crippen LogP contribution in [0.5, 0.6) is 5.75 Å². The summed E-state index contributed by atoms with van der Waals surface area (Å²) >= 11 is 0. The molecule has 112 valence electrons. The lowest BCUT2D eigenvalue weighted by molar-refractivity contribution is 0.0556. The van der Waals surface area contributed by atoms with Crippen LogP contribution < -0.4 is 10.5 Å². The number of nitrogens with zero attached hydrogens (tertiary/aromatic N) is 2. The van der Waals surface area contributed by atoms with Crippen molar-refractivity contribution in [3.63, 3.8) is 0 Å². The minimum Gasteiger partial charge on any atom is -0.496 e. The van der Waals surface area contributed by atoms with Gasteiger partial charge in [0.05, 0.1) is 7.11 Å². The van der Waals surface area contributed by atoms with Gasteiger partial charge in [0.25, 0.3) is 0 Å². The molecule has 1 aliphatic heterocycles. The molecule has 2 N–H and O–H groups in total. The highest BCUT2D eigenvalue weighted by molar-refractivity contribution is 5.37. The van der Waals surface area contributed by atoms with E-state index in [2.05, 4.69) is 42.8 Å². The average Bonchev–Trinajstić information content (AvgIpc) is 2.44. The number of rotatable bonds is 4. The van der Waals surface area contributed by atoms with Crippen molar-refractivity contribution in [3.05, 3.63) is 29.3 Å². The molecule has 1 aliphatic rings. The summed E-state index contributed by atoms with van der Waals surface area (Å²) in [6, 6.07) is 7.55. The van der Waals surface area contributed by atoms with Gasteiger partial charge in [-0.3, -0.25) is 9.80 Å². The lowest BCUT2D eigenvalue weighted by Gasteiger charge is -2.42. The molecular formula is C16H27N3O. The lowest BCUT2D eigenvalue weighted by Crippen LogP contribution is -2.54. The van der Waals surface area contributed by atoms with E-state index in [0.717, 1.165) is 30.9 Å². The quantitative estimate of drug-likeness (QED) is 0.909. The number of benzene rings is 1. The largest absolute Gasteiger partial charge is 0.496 e. The van der Waals surface area contributed by atoms with Gasteiger partial charge in [0.15, 0.2) is 0 Å². The molecule has 0 saturated carbocycles. The van der Waals surface area contributed by atoms with Gasteiger partial charge in [0, 0.05) is 43.8 Å². The van der Waals surface area contributed by atoms with E-state index in [-0.39, 0.29) is 0 Å². The summed E-state index contributed by atoms with van der Waals surface area (Å²) in [5.74, 6) is 0.886. The van der Waals surface area contributed by atoms with Gasteiger partial charge < -0.3 is 10.5 Å². The van der Waals surface area contributed by atoms with Crippen LogP contribution in [-0.2, 0) is 13.1 Å². The zero-order valence-electron chi connectivity index (χ0n) is 13.1. The number of methoxy groups -OCH3 is 1. The smallest absolute Gasteiger partial charge is 0.123 e. The Labute approximate surface area is 122 Å². The van der Waals surface area contributed by atoms with E-state index < -0.39 is 0 Å². The van der Waals surface area contributed by atoms with Gasteiger partial charge in [0.1, 0.15) is 5.75 Å². The average molecular weight is 277 g/mol. The zero-order valence-corrected chi connectivity index (χ0v) is 13.1. The third-order valence-electron chi connectivity index (χ3n) is 4.41. The van der Waals surface area contributed by atoms with E-state index >= 15 is 0 Å². The number of ether oxygens (including phenoxy) is 1. The molecule has 1 saturated heterocycles. The fourth-order valence-corrected chi connectivity index (χ4v) is 2.99. The topological polar surface area (TPSA) is 41.7 Å². The normalized spacial score (nSPS) is 24.9. The molecule has 2 unspecified atom stereocenters. The number of hydrogen-bond donors (Lipinski definition) is 1. The molecule has 1 aromatic carbocycles. The SMILES string of the molecule is COc1ccc(CN2CC(C)N(C)C(C)C2)cc1CN. The number of hydrogen-bond acceptors (Lipinski definition) is 4. The van der Waals surface area contributed by atoms with Crippen molar-refractivity contribution in [3.8, 4) is 5.75 Å². The first-order chi connectivity index (χ1) is 9.55. The minimum absolute atomic E-state index is 0.520. The predicted molar refractivity (Wildman–Crippen MR) is 82.8 cm³/mol. The van der Waals surface area contributed by atoms with Gasteiger partial charge in [0.2, 0.25) is 0 Å². The maximum atomic E-state index is 5.79. The molecule has 0 bridgehead atoms. The molecule has 2 atom stereocenters. The Balaban J connectivity index is 2.06. The van der Waals surface area contributed by atoms with Gasteiger partial charge in [-0.2, -0.15) is 0 Å². The maximum absolute atomic E-state index is 5.79. The molecule has 20 heavy (non-hydrogen) atoms. The summed E-state index contributed by atoms with van der Waals surface area (Å²) in [7, 11) is 3.91. The Hall–Kier alpha value is -1.10. The second-order valence-electron chi connectivity index (χ2n) is 5.91. The third kappa shape index (κ3) is 3.32. The van der Waals surface area contributed by atoms with Gasteiger partial charge in [-0.05, 0) is 38.6 Å². The van der Waals surface area contributed by atoms with Crippen molar-refractivity contribution in [2.24, 2.45) is 5.73 Å². The molecule has 1 heterocycles. The van der Waals surface area contributed by atoms with Gasteiger partial charge in [-0.15, -0.1) is 0 Å². The van der Waals surface area contributed by atoms with Gasteiger partial charge in [-0.1, -0.05) is 6.07 Å². The second-order valence-corrected chi connectivity index (χ2v) is 5.91. The van der Waals surface area contributed by atoms with Crippen LogP contribution in [0.1, 0.15) is 25.0 Å². The van der Waals surface area contributed by atoms with Crippen LogP contribution in [0.15, 0.2) is 18.2 Å². The molecule has 2 rings (SSSR count). The standard InChI is InChI=1S/C16H27N3O/c1-12-9-19(10-13(2)18(12)3)11-14-5-6-16(20-4)15(7-14)8-17/h5-7,12-13H,8-11,17H2,1-4H3. The van der Waals surface area contributed by atoms with Crippen LogP contribution in [0, 0.1) is 0 Å². The molecule has 4 heteroatoms. The third-order valence-corrected chi connectivity index (χ3v) is 4.41. The van der Waals surface area contributed by atoms with E-state index in [1.807, 2.05) is 6.07 Å². The zero-order chi connectivity index (χ0) is 14.7. The van der Waals surface area contributed by atoms with Gasteiger partial charge >= 0.3 is 0 Å². The molecule has 0 amide bonds. The van der Waals surface area contributed by atoms with Crippen LogP contribution in [0.4, 0.5) is 0 Å². The fourth-order valence-electron chi connectivity index (χ4n) is 2.99. The number of piperazine rings is 1. The van der Waals surface area contributed by atoms with Crippen molar-refractivity contribution in [2.75, 3.05) is 27.2 Å². The Kier molecular flexibility index (Phi) is 5.02. The Bertz CT molecular complexity index is 437. The predicted octanol–water partition coefficient (Wildman–Crippen LogP) is 1.68. The summed E-state index contributed by atoms with van der Waals surface area (Å²) < 4.78 is 5.33. The maximum Gasteiger partial charge on any atom is 0.123 e. The van der Waals surface area contributed by atoms with Crippen LogP contribution >= 0.6 is 0 Å². The molecule has 0 aliphatic carbocycles. The highest BCUT2D eigenvalue weighted by Gasteiger charge is 2.26. The molecule has 0 spiro atoms. The summed E-state index contributed by atoms with van der Waals surface area (Å²) in [5.41, 5.74) is 8.19. The fraction of sp³-hybridized carbons (Fsp3) is 0.625. The molecule has 4 nitrogen and oxygen atoms in total. The molecule has 0 aromatic heterocycles. The first kappa shape index (κ1) is 15.3. The van der Waals surface area contributed by atoms with E-state index in [1.54, 1.807) is 7.11 Å². The van der Waals surface area contributed by atoms with Crippen molar-refractivity contribution in [1.82, 2.24) is 9.80 Å². The van der Waals surface area contributed by atoms with E-state index in [0.29, 0.717) is 18.6 Å². The van der Waals surface area contributed by atoms with Crippen LogP contribution in [0.2, 0.25) is 0 Å². The van der Waals surface area contributed by atoms with Crippen molar-refractivity contribution >= 4 is 0 Å². The Morgan fingerprint density at radius 2 is 1.90 bits per heavy atom. The van der Waals surface area contributed by atoms with Crippen LogP contribution in [0.3, 0.4) is 0 Å². The van der Waals surface area contributed by atoms with Crippen molar-refractivity contribution in [1.29, 1.82) is 0 Å². The number of likely N-dealkylation sites (N-methyl/N-ethyl adjacent to an activating group) is 1. The summed E-state index contributed by atoms with van der Waals surface area (Å²) in [6.07, 6.45) is 0. The molecular weight excluding hydrogens is 250 g/mol. The van der Waals surface area contributed by atoms with Gasteiger partial charge in [-0.25, -0.2) is 0 Å². The van der Waals surface area contributed by atoms with Crippen molar-refractivity contribution < 1.29 is 4.74 Å². The minimum atomic E-state index is 0.520. The summed E-state index contributed by atoms with van der Waals surface area (Å²) in [5, 5.41) is 0. The Morgan fingerprint density at radius 1 is 1.25 bits per heavy atom. The first-order valence-electron chi connectivity index (χ1n) is 7.35. The molecule has 0 radical (unpaired) electrons. The lowest BCUT2D eigenvalue weighted by atomic mass is 10.1. The monoisotopic (exact) mass is 277 g/mol. The van der Waals surface area contributed by atoms with E-state index in [4.69, 9.17) is 10.5 Å². The first-order valence-corrected chi connectivity index (χ1v) is 7.35. The highest BCUT2D eigenvalue weighted by Crippen LogP contribution is 2.22. The van der Waals surface area contributed by atoms with E-state index in [1.165, 1.54) is 5.56 Å². The second kappa shape index (κ2) is 6.57. The van der Waals surface area contributed by atoms with Crippen molar-refractivity contribution in [2.45, 2.75) is 39.0 Å². The number of nitrogens with two attached hydrogens (primary N) is 1. The van der Waals surface area contributed by atoms with E-state index in [9.17, 15) is 0 Å². The van der Waals surface area contributed by atoms with Crippen LogP contribution in [0.25, 0.3) is 0 Å².